The minimum atomic E-state index is -1.08. The van der Waals surface area contributed by atoms with Gasteiger partial charge < -0.3 is 15.2 Å². The molecule has 0 fully saturated rings. The van der Waals surface area contributed by atoms with Crippen LogP contribution in [0.2, 0.25) is 0 Å². The first-order valence-electron chi connectivity index (χ1n) is 7.33. The summed E-state index contributed by atoms with van der Waals surface area (Å²) in [6.45, 7) is -0.464. The van der Waals surface area contributed by atoms with Gasteiger partial charge in [-0.25, -0.2) is 9.78 Å². The maximum Gasteiger partial charge on any atom is 0.341 e. The third-order valence-electron chi connectivity index (χ3n) is 3.29. The zero-order valence-electron chi connectivity index (χ0n) is 13.0. The lowest BCUT2D eigenvalue weighted by molar-refractivity contribution is -0.139. The predicted molar refractivity (Wildman–Crippen MR) is 89.3 cm³/mol. The summed E-state index contributed by atoms with van der Waals surface area (Å²) in [5, 5.41) is 17.9. The molecule has 25 heavy (non-hydrogen) atoms. The van der Waals surface area contributed by atoms with Crippen LogP contribution in [0, 0.1) is 0 Å². The van der Waals surface area contributed by atoms with Gasteiger partial charge in [0.25, 0.3) is 5.91 Å². The molecule has 0 aliphatic heterocycles. The van der Waals surface area contributed by atoms with Crippen LogP contribution < -0.4 is 10.1 Å². The summed E-state index contributed by atoms with van der Waals surface area (Å²) in [7, 11) is 0. The fraction of sp³-hybridized carbons (Fsp3) is 0.0588. The zero-order valence-corrected chi connectivity index (χ0v) is 13.0. The smallest absolute Gasteiger partial charge is 0.341 e. The van der Waals surface area contributed by atoms with Gasteiger partial charge in [0.05, 0.1) is 0 Å². The Kier molecular flexibility index (Phi) is 4.70. The van der Waals surface area contributed by atoms with Gasteiger partial charge in [0, 0.05) is 16.8 Å². The van der Waals surface area contributed by atoms with Crippen LogP contribution in [-0.4, -0.2) is 38.8 Å². The summed E-state index contributed by atoms with van der Waals surface area (Å²) in [5.74, 6) is -0.452. The van der Waals surface area contributed by atoms with Gasteiger partial charge in [-0.15, -0.1) is 0 Å². The van der Waals surface area contributed by atoms with Gasteiger partial charge in [0.1, 0.15) is 12.1 Å². The Morgan fingerprint density at radius 1 is 1.16 bits per heavy atom. The second-order valence-electron chi connectivity index (χ2n) is 5.08. The van der Waals surface area contributed by atoms with Crippen LogP contribution in [-0.2, 0) is 4.79 Å². The number of aromatic amines is 1. The standard InChI is InChI=1S/C17H14N4O4/c22-15(23)9-25-14-3-1-2-12(8-14)17(24)20-13-6-4-11(5-7-13)16-18-10-19-21-16/h1-8,10H,9H2,(H,20,24)(H,22,23)(H,18,19,21). The van der Waals surface area contributed by atoms with E-state index in [1.807, 2.05) is 12.1 Å². The van der Waals surface area contributed by atoms with Crippen molar-refractivity contribution in [2.45, 2.75) is 0 Å². The lowest BCUT2D eigenvalue weighted by Crippen LogP contribution is -2.13. The molecule has 0 aliphatic rings. The lowest BCUT2D eigenvalue weighted by Gasteiger charge is -2.08. The maximum atomic E-state index is 12.3. The van der Waals surface area contributed by atoms with E-state index < -0.39 is 12.6 Å². The number of carboxylic acid groups (broad SMARTS) is 1. The van der Waals surface area contributed by atoms with E-state index in [9.17, 15) is 9.59 Å². The molecule has 1 heterocycles. The van der Waals surface area contributed by atoms with Crippen LogP contribution in [0.3, 0.4) is 0 Å². The second kappa shape index (κ2) is 7.26. The highest BCUT2D eigenvalue weighted by Crippen LogP contribution is 2.19. The minimum Gasteiger partial charge on any atom is -0.482 e. The number of nitrogens with zero attached hydrogens (tertiary/aromatic N) is 2. The van der Waals surface area contributed by atoms with Crippen molar-refractivity contribution in [3.63, 3.8) is 0 Å². The monoisotopic (exact) mass is 338 g/mol. The zero-order chi connectivity index (χ0) is 17.6. The molecule has 0 bridgehead atoms. The molecular weight excluding hydrogens is 324 g/mol. The number of benzene rings is 2. The number of aliphatic carboxylic acids is 1. The average Bonchev–Trinajstić information content (AvgIpc) is 3.15. The Labute approximate surface area is 142 Å². The van der Waals surface area contributed by atoms with E-state index in [1.165, 1.54) is 12.4 Å². The van der Waals surface area contributed by atoms with Crippen molar-refractivity contribution in [3.05, 3.63) is 60.4 Å². The fourth-order valence-corrected chi connectivity index (χ4v) is 2.13. The number of hydrogen-bond acceptors (Lipinski definition) is 5. The van der Waals surface area contributed by atoms with Crippen LogP contribution in [0.5, 0.6) is 5.75 Å². The van der Waals surface area contributed by atoms with Gasteiger partial charge >= 0.3 is 5.97 Å². The fourth-order valence-electron chi connectivity index (χ4n) is 2.13. The van der Waals surface area contributed by atoms with Crippen LogP contribution in [0.1, 0.15) is 10.4 Å². The predicted octanol–water partition coefficient (Wildman–Crippen LogP) is 2.19. The number of rotatable bonds is 6. The van der Waals surface area contributed by atoms with Crippen molar-refractivity contribution in [2.24, 2.45) is 0 Å². The SMILES string of the molecule is O=C(O)COc1cccc(C(=O)Nc2ccc(-c3ncn[nH]3)cc2)c1. The second-order valence-corrected chi connectivity index (χ2v) is 5.08. The number of ether oxygens (including phenoxy) is 1. The minimum absolute atomic E-state index is 0.315. The van der Waals surface area contributed by atoms with E-state index in [1.54, 1.807) is 30.3 Å². The topological polar surface area (TPSA) is 117 Å². The van der Waals surface area contributed by atoms with Gasteiger partial charge in [-0.1, -0.05) is 6.07 Å². The number of H-pyrrole nitrogens is 1. The number of nitrogens with one attached hydrogen (secondary N) is 2. The summed E-state index contributed by atoms with van der Waals surface area (Å²) >= 11 is 0. The van der Waals surface area contributed by atoms with Crippen LogP contribution in [0.4, 0.5) is 5.69 Å². The summed E-state index contributed by atoms with van der Waals surface area (Å²) < 4.78 is 5.07. The number of hydrogen-bond donors (Lipinski definition) is 3. The molecule has 126 valence electrons. The molecular formula is C17H14N4O4. The van der Waals surface area contributed by atoms with Gasteiger partial charge in [0.2, 0.25) is 0 Å². The summed E-state index contributed by atoms with van der Waals surface area (Å²) in [5.41, 5.74) is 1.83. The molecule has 0 aliphatic carbocycles. The molecule has 2 aromatic carbocycles. The number of carbonyl (C=O) groups excluding carboxylic acids is 1. The molecule has 1 aromatic heterocycles. The summed E-state index contributed by atoms with van der Waals surface area (Å²) in [6, 6.07) is 13.4. The number of carbonyl (C=O) groups is 2. The van der Waals surface area contributed by atoms with Crippen molar-refractivity contribution < 1.29 is 19.4 Å². The highest BCUT2D eigenvalue weighted by molar-refractivity contribution is 6.04. The third kappa shape index (κ3) is 4.20. The number of aromatic nitrogens is 3. The van der Waals surface area contributed by atoms with Crippen molar-refractivity contribution in [1.29, 1.82) is 0 Å². The van der Waals surface area contributed by atoms with E-state index in [4.69, 9.17) is 9.84 Å². The number of anilines is 1. The first kappa shape index (κ1) is 16.2. The Balaban J connectivity index is 1.67. The summed E-state index contributed by atoms with van der Waals surface area (Å²) in [4.78, 5) is 26.9. The molecule has 0 spiro atoms. The van der Waals surface area contributed by atoms with E-state index in [-0.39, 0.29) is 5.91 Å². The molecule has 0 radical (unpaired) electrons. The Morgan fingerprint density at radius 2 is 1.96 bits per heavy atom. The van der Waals surface area contributed by atoms with E-state index in [2.05, 4.69) is 20.5 Å². The first-order chi connectivity index (χ1) is 12.1. The molecule has 1 amide bonds. The molecule has 3 aromatic rings. The quantitative estimate of drug-likeness (QED) is 0.634. The van der Waals surface area contributed by atoms with E-state index in [0.29, 0.717) is 22.8 Å². The normalized spacial score (nSPS) is 10.2. The molecule has 8 nitrogen and oxygen atoms in total. The summed E-state index contributed by atoms with van der Waals surface area (Å²) in [6.07, 6.45) is 1.42. The van der Waals surface area contributed by atoms with Crippen molar-refractivity contribution >= 4 is 17.6 Å². The third-order valence-corrected chi connectivity index (χ3v) is 3.29. The Hall–Kier alpha value is -3.68. The van der Waals surface area contributed by atoms with Gasteiger partial charge in [0.15, 0.2) is 12.4 Å². The maximum absolute atomic E-state index is 12.3. The highest BCUT2D eigenvalue weighted by Gasteiger charge is 2.09. The van der Waals surface area contributed by atoms with Crippen molar-refractivity contribution in [1.82, 2.24) is 15.2 Å². The van der Waals surface area contributed by atoms with Crippen molar-refractivity contribution in [2.75, 3.05) is 11.9 Å². The Morgan fingerprint density at radius 3 is 2.64 bits per heavy atom. The van der Waals surface area contributed by atoms with Gasteiger partial charge in [-0.05, 0) is 42.5 Å². The molecule has 3 N–H and O–H groups in total. The van der Waals surface area contributed by atoms with E-state index >= 15 is 0 Å². The Bertz CT molecular complexity index is 876. The molecule has 0 saturated carbocycles. The lowest BCUT2D eigenvalue weighted by atomic mass is 10.1. The highest BCUT2D eigenvalue weighted by atomic mass is 16.5. The average molecular weight is 338 g/mol. The van der Waals surface area contributed by atoms with Crippen molar-refractivity contribution in [3.8, 4) is 17.1 Å². The largest absolute Gasteiger partial charge is 0.482 e. The molecule has 3 rings (SSSR count). The van der Waals surface area contributed by atoms with E-state index in [0.717, 1.165) is 5.56 Å². The first-order valence-corrected chi connectivity index (χ1v) is 7.33. The number of amides is 1. The van der Waals surface area contributed by atoms with Gasteiger partial charge in [-0.2, -0.15) is 5.10 Å². The molecule has 8 heteroatoms. The molecule has 0 unspecified atom stereocenters. The van der Waals surface area contributed by atoms with Gasteiger partial charge in [-0.3, -0.25) is 9.89 Å². The molecule has 0 atom stereocenters. The van der Waals surface area contributed by atoms with Crippen LogP contribution in [0.15, 0.2) is 54.9 Å². The van der Waals surface area contributed by atoms with Crippen LogP contribution in [0.25, 0.3) is 11.4 Å². The van der Waals surface area contributed by atoms with Crippen LogP contribution >= 0.6 is 0 Å². The molecule has 0 saturated heterocycles. The number of carboxylic acids is 1.